The second-order valence-corrected chi connectivity index (χ2v) is 4.55. The van der Waals surface area contributed by atoms with Gasteiger partial charge >= 0.3 is 12.1 Å². The van der Waals surface area contributed by atoms with E-state index in [0.29, 0.717) is 12.8 Å². The number of benzene rings is 1. The van der Waals surface area contributed by atoms with Crippen molar-refractivity contribution >= 4 is 17.3 Å². The Morgan fingerprint density at radius 3 is 2.47 bits per heavy atom. The van der Waals surface area contributed by atoms with Gasteiger partial charge in [0.05, 0.1) is 16.9 Å². The van der Waals surface area contributed by atoms with Crippen molar-refractivity contribution in [1.29, 1.82) is 0 Å². The lowest BCUT2D eigenvalue weighted by atomic mass is 10.1. The molecule has 0 heterocycles. The first-order valence-electron chi connectivity index (χ1n) is 5.74. The molecule has 3 N–H and O–H groups in total. The molecule has 0 unspecified atom stereocenters. The number of nitrogen functional groups attached to an aromatic ring is 1. The highest BCUT2D eigenvalue weighted by atomic mass is 19.4. The lowest BCUT2D eigenvalue weighted by Crippen LogP contribution is -2.36. The molecule has 0 amide bonds. The number of carbonyl (C=O) groups is 1. The summed E-state index contributed by atoms with van der Waals surface area (Å²) in [5.74, 6) is -1.16. The van der Waals surface area contributed by atoms with Crippen LogP contribution in [0, 0.1) is 0 Å². The standard InChI is InChI=1S/C12H13F3N2O2/c13-12(14,15)6-17(8-2-3-8)10-4-1-7(11(18)19)5-9(10)16/h1,4-5,8H,2-3,6,16H2,(H,18,19). The van der Waals surface area contributed by atoms with Crippen LogP contribution in [0.15, 0.2) is 18.2 Å². The van der Waals surface area contributed by atoms with Crippen molar-refractivity contribution in [2.75, 3.05) is 17.2 Å². The predicted molar refractivity (Wildman–Crippen MR) is 64.2 cm³/mol. The summed E-state index contributed by atoms with van der Waals surface area (Å²) < 4.78 is 37.6. The van der Waals surface area contributed by atoms with E-state index in [0.717, 1.165) is 0 Å². The Hall–Kier alpha value is -1.92. The van der Waals surface area contributed by atoms with E-state index in [1.165, 1.54) is 23.1 Å². The Morgan fingerprint density at radius 1 is 1.42 bits per heavy atom. The summed E-state index contributed by atoms with van der Waals surface area (Å²) in [7, 11) is 0. The number of rotatable bonds is 4. The van der Waals surface area contributed by atoms with E-state index in [4.69, 9.17) is 10.8 Å². The Kier molecular flexibility index (Phi) is 3.30. The van der Waals surface area contributed by atoms with Gasteiger partial charge in [-0.15, -0.1) is 0 Å². The van der Waals surface area contributed by atoms with Crippen molar-refractivity contribution in [3.05, 3.63) is 23.8 Å². The van der Waals surface area contributed by atoms with Gasteiger partial charge < -0.3 is 15.7 Å². The summed E-state index contributed by atoms with van der Waals surface area (Å²) in [5, 5.41) is 8.80. The fraction of sp³-hybridized carbons (Fsp3) is 0.417. The lowest BCUT2D eigenvalue weighted by Gasteiger charge is -2.27. The third kappa shape index (κ3) is 3.30. The van der Waals surface area contributed by atoms with Crippen molar-refractivity contribution in [1.82, 2.24) is 0 Å². The topological polar surface area (TPSA) is 66.6 Å². The second kappa shape index (κ2) is 4.64. The van der Waals surface area contributed by atoms with Crippen molar-refractivity contribution < 1.29 is 23.1 Å². The molecule has 0 radical (unpaired) electrons. The molecule has 1 aromatic carbocycles. The van der Waals surface area contributed by atoms with Crippen molar-refractivity contribution in [2.24, 2.45) is 0 Å². The van der Waals surface area contributed by atoms with E-state index < -0.39 is 18.7 Å². The molecule has 19 heavy (non-hydrogen) atoms. The quantitative estimate of drug-likeness (QED) is 0.828. The molecule has 0 spiro atoms. The lowest BCUT2D eigenvalue weighted by molar-refractivity contribution is -0.119. The van der Waals surface area contributed by atoms with Crippen LogP contribution in [0.4, 0.5) is 24.5 Å². The van der Waals surface area contributed by atoms with Crippen LogP contribution >= 0.6 is 0 Å². The smallest absolute Gasteiger partial charge is 0.405 e. The average Bonchev–Trinajstić information content (AvgIpc) is 3.08. The van der Waals surface area contributed by atoms with E-state index >= 15 is 0 Å². The first-order chi connectivity index (χ1) is 8.78. The van der Waals surface area contributed by atoms with Crippen LogP contribution < -0.4 is 10.6 Å². The summed E-state index contributed by atoms with van der Waals surface area (Å²) in [6.45, 7) is -1.08. The van der Waals surface area contributed by atoms with Gasteiger partial charge in [0, 0.05) is 6.04 Å². The second-order valence-electron chi connectivity index (χ2n) is 4.55. The van der Waals surface area contributed by atoms with E-state index in [1.807, 2.05) is 0 Å². The number of carboxylic acid groups (broad SMARTS) is 1. The van der Waals surface area contributed by atoms with Gasteiger partial charge in [-0.05, 0) is 31.0 Å². The van der Waals surface area contributed by atoms with Gasteiger partial charge in [-0.3, -0.25) is 0 Å². The van der Waals surface area contributed by atoms with Gasteiger partial charge in [0.25, 0.3) is 0 Å². The third-order valence-corrected chi connectivity index (χ3v) is 2.92. The van der Waals surface area contributed by atoms with Gasteiger partial charge in [-0.25, -0.2) is 4.79 Å². The van der Waals surface area contributed by atoms with Crippen LogP contribution in [0.25, 0.3) is 0 Å². The summed E-state index contributed by atoms with van der Waals surface area (Å²) >= 11 is 0. The largest absolute Gasteiger partial charge is 0.478 e. The zero-order valence-corrected chi connectivity index (χ0v) is 9.94. The maximum atomic E-state index is 12.5. The molecule has 104 valence electrons. The monoisotopic (exact) mass is 274 g/mol. The summed E-state index contributed by atoms with van der Waals surface area (Å²) in [4.78, 5) is 12.0. The number of nitrogens with zero attached hydrogens (tertiary/aromatic N) is 1. The van der Waals surface area contributed by atoms with Gasteiger partial charge in [0.15, 0.2) is 0 Å². The molecule has 1 fully saturated rings. The maximum absolute atomic E-state index is 12.5. The van der Waals surface area contributed by atoms with Gasteiger partial charge in [-0.1, -0.05) is 0 Å². The van der Waals surface area contributed by atoms with Crippen molar-refractivity contribution in [2.45, 2.75) is 25.1 Å². The minimum atomic E-state index is -4.32. The molecule has 1 aliphatic carbocycles. The van der Waals surface area contributed by atoms with Crippen LogP contribution in [0.5, 0.6) is 0 Å². The molecule has 7 heteroatoms. The zero-order chi connectivity index (χ0) is 14.2. The molecular formula is C12H13F3N2O2. The third-order valence-electron chi connectivity index (χ3n) is 2.92. The summed E-state index contributed by atoms with van der Waals surface area (Å²) in [6.07, 6.45) is -2.94. The average molecular weight is 274 g/mol. The molecule has 1 aromatic rings. The fourth-order valence-electron chi connectivity index (χ4n) is 1.94. The van der Waals surface area contributed by atoms with Crippen molar-refractivity contribution in [3.8, 4) is 0 Å². The SMILES string of the molecule is Nc1cc(C(=O)O)ccc1N(CC(F)(F)F)C1CC1. The Morgan fingerprint density at radius 2 is 2.05 bits per heavy atom. The Bertz CT molecular complexity index is 498. The number of anilines is 2. The molecule has 4 nitrogen and oxygen atoms in total. The first kappa shape index (κ1) is 13.5. The van der Waals surface area contributed by atoms with Crippen LogP contribution in [0.2, 0.25) is 0 Å². The maximum Gasteiger partial charge on any atom is 0.405 e. The van der Waals surface area contributed by atoms with E-state index in [9.17, 15) is 18.0 Å². The van der Waals surface area contributed by atoms with Gasteiger partial charge in [0.2, 0.25) is 0 Å². The molecule has 0 atom stereocenters. The van der Waals surface area contributed by atoms with E-state index in [1.54, 1.807) is 0 Å². The molecule has 0 bridgehead atoms. The molecule has 1 aliphatic rings. The molecule has 2 rings (SSSR count). The number of aromatic carboxylic acids is 1. The van der Waals surface area contributed by atoms with E-state index in [-0.39, 0.29) is 23.0 Å². The number of hydrogen-bond acceptors (Lipinski definition) is 3. The number of nitrogens with two attached hydrogens (primary N) is 1. The Balaban J connectivity index is 2.29. The predicted octanol–water partition coefficient (Wildman–Crippen LogP) is 2.50. The normalized spacial score (nSPS) is 15.3. The summed E-state index contributed by atoms with van der Waals surface area (Å²) in [5.41, 5.74) is 5.93. The molecular weight excluding hydrogens is 261 g/mol. The van der Waals surface area contributed by atoms with Crippen LogP contribution in [0.1, 0.15) is 23.2 Å². The molecule has 1 saturated carbocycles. The van der Waals surface area contributed by atoms with Crippen LogP contribution in [-0.4, -0.2) is 29.8 Å². The highest BCUT2D eigenvalue weighted by Crippen LogP contribution is 2.37. The first-order valence-corrected chi connectivity index (χ1v) is 5.74. The minimum Gasteiger partial charge on any atom is -0.478 e. The summed E-state index contributed by atoms with van der Waals surface area (Å²) in [6, 6.07) is 3.62. The van der Waals surface area contributed by atoms with Crippen LogP contribution in [-0.2, 0) is 0 Å². The van der Waals surface area contributed by atoms with Gasteiger partial charge in [-0.2, -0.15) is 13.2 Å². The Labute approximate surface area is 107 Å². The molecule has 0 saturated heterocycles. The van der Waals surface area contributed by atoms with E-state index in [2.05, 4.69) is 0 Å². The minimum absolute atomic E-state index is 0.0380. The highest BCUT2D eigenvalue weighted by molar-refractivity contribution is 5.90. The zero-order valence-electron chi connectivity index (χ0n) is 9.94. The molecule has 0 aromatic heterocycles. The van der Waals surface area contributed by atoms with Crippen molar-refractivity contribution in [3.63, 3.8) is 0 Å². The molecule has 0 aliphatic heterocycles. The highest BCUT2D eigenvalue weighted by Gasteiger charge is 2.38. The number of halogens is 3. The number of hydrogen-bond donors (Lipinski definition) is 2. The number of carboxylic acids is 1. The number of alkyl halides is 3. The van der Waals surface area contributed by atoms with Gasteiger partial charge in [0.1, 0.15) is 6.54 Å². The fourth-order valence-corrected chi connectivity index (χ4v) is 1.94. The van der Waals surface area contributed by atoms with Crippen LogP contribution in [0.3, 0.4) is 0 Å².